The second kappa shape index (κ2) is 8.45. The van der Waals surface area contributed by atoms with E-state index >= 15 is 0 Å². The molecule has 0 aliphatic rings. The number of hydrogen-bond acceptors (Lipinski definition) is 4. The number of benzene rings is 3. The van der Waals surface area contributed by atoms with Gasteiger partial charge in [0.25, 0.3) is 5.56 Å². The molecule has 30 heavy (non-hydrogen) atoms. The molecule has 1 aromatic heterocycles. The minimum atomic E-state index is -0.624. The van der Waals surface area contributed by atoms with Crippen molar-refractivity contribution in [3.63, 3.8) is 0 Å². The van der Waals surface area contributed by atoms with E-state index in [0.717, 1.165) is 0 Å². The van der Waals surface area contributed by atoms with Crippen molar-refractivity contribution < 1.29 is 9.53 Å². The van der Waals surface area contributed by atoms with Crippen molar-refractivity contribution in [1.82, 2.24) is 9.13 Å². The van der Waals surface area contributed by atoms with E-state index in [1.807, 2.05) is 91.0 Å². The van der Waals surface area contributed by atoms with Gasteiger partial charge < -0.3 is 4.74 Å². The zero-order valence-corrected chi connectivity index (χ0v) is 16.3. The van der Waals surface area contributed by atoms with E-state index in [0.29, 0.717) is 17.1 Å². The fraction of sp³-hybridized carbons (Fsp3) is 0.0417. The molecular formula is C24H19N3O3. The first-order chi connectivity index (χ1) is 14.7. The maximum Gasteiger partial charge on any atom is 0.355 e. The Morgan fingerprint density at radius 2 is 1.27 bits per heavy atom. The molecule has 0 amide bonds. The Kier molecular flexibility index (Phi) is 5.39. The number of rotatable bonds is 4. The van der Waals surface area contributed by atoms with Crippen molar-refractivity contribution in [2.24, 2.45) is 4.99 Å². The van der Waals surface area contributed by atoms with E-state index < -0.39 is 5.97 Å². The van der Waals surface area contributed by atoms with E-state index in [9.17, 15) is 9.59 Å². The molecule has 3 aromatic carbocycles. The average molecular weight is 397 g/mol. The first-order valence-corrected chi connectivity index (χ1v) is 9.37. The molecule has 148 valence electrons. The number of nitrogens with zero attached hydrogens (tertiary/aromatic N) is 3. The van der Waals surface area contributed by atoms with Crippen LogP contribution in [0.5, 0.6) is 0 Å². The summed E-state index contributed by atoms with van der Waals surface area (Å²) in [5.41, 5.74) is 1.95. The Morgan fingerprint density at radius 3 is 1.80 bits per heavy atom. The summed E-state index contributed by atoms with van der Waals surface area (Å²) < 4.78 is 8.07. The number of aromatic nitrogens is 2. The van der Waals surface area contributed by atoms with E-state index in [2.05, 4.69) is 0 Å². The van der Waals surface area contributed by atoms with Gasteiger partial charge in [0.15, 0.2) is 0 Å². The van der Waals surface area contributed by atoms with Crippen molar-refractivity contribution >= 4 is 11.7 Å². The van der Waals surface area contributed by atoms with Gasteiger partial charge in [-0.05, 0) is 36.4 Å². The highest BCUT2D eigenvalue weighted by Crippen LogP contribution is 2.13. The highest BCUT2D eigenvalue weighted by molar-refractivity contribution is 5.88. The summed E-state index contributed by atoms with van der Waals surface area (Å²) in [6.45, 7) is 0. The molecule has 0 aliphatic heterocycles. The molecule has 4 aromatic rings. The highest BCUT2D eigenvalue weighted by atomic mass is 16.5. The van der Waals surface area contributed by atoms with Gasteiger partial charge in [-0.25, -0.2) is 14.4 Å². The van der Waals surface area contributed by atoms with Crippen molar-refractivity contribution in [2.45, 2.75) is 0 Å². The number of ether oxygens (including phenoxy) is 1. The third kappa shape index (κ3) is 3.71. The quantitative estimate of drug-likeness (QED) is 0.494. The lowest BCUT2D eigenvalue weighted by molar-refractivity contribution is 0.0589. The molecule has 0 unspecified atom stereocenters. The molecule has 0 radical (unpaired) electrons. The lowest BCUT2D eigenvalue weighted by Gasteiger charge is -2.17. The van der Waals surface area contributed by atoms with Crippen LogP contribution in [-0.4, -0.2) is 22.2 Å². The lowest BCUT2D eigenvalue weighted by atomic mass is 10.2. The molecule has 1 heterocycles. The summed E-state index contributed by atoms with van der Waals surface area (Å²) >= 11 is 0. The zero-order chi connectivity index (χ0) is 20.9. The molecule has 0 bridgehead atoms. The molecule has 4 rings (SSSR count). The Balaban J connectivity index is 2.20. The van der Waals surface area contributed by atoms with Crippen molar-refractivity contribution in [3.05, 3.63) is 119 Å². The minimum Gasteiger partial charge on any atom is -0.464 e. The van der Waals surface area contributed by atoms with E-state index in [-0.39, 0.29) is 16.9 Å². The third-order valence-electron chi connectivity index (χ3n) is 4.53. The van der Waals surface area contributed by atoms with Gasteiger partial charge in [0.05, 0.1) is 18.5 Å². The van der Waals surface area contributed by atoms with Crippen molar-refractivity contribution in [3.8, 4) is 11.4 Å². The van der Waals surface area contributed by atoms with Crippen LogP contribution in [0.25, 0.3) is 11.4 Å². The fourth-order valence-corrected chi connectivity index (χ4v) is 3.18. The SMILES string of the molecule is COC(=O)c1cc(=O)n(-c2ccccc2)c(=Nc2ccccc2)n1-c1ccccc1. The summed E-state index contributed by atoms with van der Waals surface area (Å²) in [6, 6.07) is 29.0. The first-order valence-electron chi connectivity index (χ1n) is 9.37. The summed E-state index contributed by atoms with van der Waals surface area (Å²) in [7, 11) is 1.29. The van der Waals surface area contributed by atoms with Gasteiger partial charge in [-0.1, -0.05) is 54.6 Å². The van der Waals surface area contributed by atoms with Crippen LogP contribution in [0, 0.1) is 0 Å². The molecule has 0 spiro atoms. The van der Waals surface area contributed by atoms with Gasteiger partial charge >= 0.3 is 5.97 Å². The number of hydrogen-bond donors (Lipinski definition) is 0. The van der Waals surface area contributed by atoms with Gasteiger partial charge in [-0.15, -0.1) is 0 Å². The zero-order valence-electron chi connectivity index (χ0n) is 16.3. The Morgan fingerprint density at radius 1 is 0.767 bits per heavy atom. The van der Waals surface area contributed by atoms with Crippen LogP contribution < -0.4 is 11.2 Å². The Bertz CT molecular complexity index is 1290. The maximum atomic E-state index is 13.1. The van der Waals surface area contributed by atoms with Crippen LogP contribution in [0.3, 0.4) is 0 Å². The number of esters is 1. The summed E-state index contributed by atoms with van der Waals surface area (Å²) in [5.74, 6) is -0.624. The number of carbonyl (C=O) groups excluding carboxylic acids is 1. The number of methoxy groups -OCH3 is 1. The van der Waals surface area contributed by atoms with Crippen LogP contribution in [0.15, 0.2) is 107 Å². The Labute approximate surface area is 173 Å². The second-order valence-corrected chi connectivity index (χ2v) is 6.45. The summed E-state index contributed by atoms with van der Waals surface area (Å²) in [6.07, 6.45) is 0. The molecule has 0 atom stereocenters. The largest absolute Gasteiger partial charge is 0.464 e. The van der Waals surface area contributed by atoms with Crippen LogP contribution in [0.2, 0.25) is 0 Å². The first kappa shape index (κ1) is 19.1. The van der Waals surface area contributed by atoms with E-state index in [1.165, 1.54) is 17.7 Å². The fourth-order valence-electron chi connectivity index (χ4n) is 3.18. The molecule has 0 N–H and O–H groups in total. The van der Waals surface area contributed by atoms with Crippen LogP contribution in [-0.2, 0) is 4.74 Å². The van der Waals surface area contributed by atoms with Gasteiger partial charge in [0, 0.05) is 11.8 Å². The predicted molar refractivity (Wildman–Crippen MR) is 114 cm³/mol. The topological polar surface area (TPSA) is 65.6 Å². The van der Waals surface area contributed by atoms with E-state index in [1.54, 1.807) is 4.57 Å². The summed E-state index contributed by atoms with van der Waals surface area (Å²) in [5, 5.41) is 0. The van der Waals surface area contributed by atoms with Gasteiger partial charge in [-0.2, -0.15) is 0 Å². The van der Waals surface area contributed by atoms with Crippen LogP contribution >= 0.6 is 0 Å². The molecule has 6 nitrogen and oxygen atoms in total. The van der Waals surface area contributed by atoms with Crippen molar-refractivity contribution in [1.29, 1.82) is 0 Å². The number of para-hydroxylation sites is 3. The monoisotopic (exact) mass is 397 g/mol. The Hall–Kier alpha value is -4.19. The molecule has 0 aliphatic carbocycles. The molecule has 0 saturated heterocycles. The standard InChI is InChI=1S/C24H19N3O3/c1-30-23(29)21-17-22(28)27(20-15-9-4-10-16-20)24(25-18-11-5-2-6-12-18)26(21)19-13-7-3-8-14-19/h2-17H,1H3. The average Bonchev–Trinajstić information content (AvgIpc) is 2.80. The normalized spacial score (nSPS) is 11.3. The molecule has 6 heteroatoms. The molecule has 0 fully saturated rings. The predicted octanol–water partition coefficient (Wildman–Crippen LogP) is 3.65. The summed E-state index contributed by atoms with van der Waals surface area (Å²) in [4.78, 5) is 30.5. The van der Waals surface area contributed by atoms with E-state index in [4.69, 9.17) is 9.73 Å². The molecule has 0 saturated carbocycles. The second-order valence-electron chi connectivity index (χ2n) is 6.45. The van der Waals surface area contributed by atoms with Gasteiger partial charge in [0.1, 0.15) is 5.69 Å². The van der Waals surface area contributed by atoms with Crippen LogP contribution in [0.1, 0.15) is 10.5 Å². The van der Waals surface area contributed by atoms with Gasteiger partial charge in [0.2, 0.25) is 5.62 Å². The minimum absolute atomic E-state index is 0.0931. The van der Waals surface area contributed by atoms with Crippen LogP contribution in [0.4, 0.5) is 5.69 Å². The lowest BCUT2D eigenvalue weighted by Crippen LogP contribution is -2.41. The van der Waals surface area contributed by atoms with Gasteiger partial charge in [-0.3, -0.25) is 9.36 Å². The highest BCUT2D eigenvalue weighted by Gasteiger charge is 2.19. The number of carbonyl (C=O) groups is 1. The molecular weight excluding hydrogens is 378 g/mol. The maximum absolute atomic E-state index is 13.1. The third-order valence-corrected chi connectivity index (χ3v) is 4.53. The smallest absolute Gasteiger partial charge is 0.355 e. The van der Waals surface area contributed by atoms with Crippen molar-refractivity contribution in [2.75, 3.05) is 7.11 Å².